The molecule has 3 heterocycles. The molecule has 0 aliphatic carbocycles. The van der Waals surface area contributed by atoms with Crippen molar-refractivity contribution in [2.75, 3.05) is 32.7 Å². The van der Waals surface area contributed by atoms with Gasteiger partial charge in [-0.25, -0.2) is 19.5 Å². The van der Waals surface area contributed by atoms with Crippen molar-refractivity contribution in [1.29, 1.82) is 5.26 Å². The number of nitriles is 1. The van der Waals surface area contributed by atoms with Gasteiger partial charge in [-0.2, -0.15) is 5.26 Å². The number of fused-ring (bicyclic) bond motifs is 1. The number of amides is 1. The number of para-hydroxylation sites is 1. The molecule has 0 saturated carbocycles. The Balaban J connectivity index is 1.38. The van der Waals surface area contributed by atoms with Gasteiger partial charge in [-0.15, -0.1) is 0 Å². The minimum absolute atomic E-state index is 0.0502. The molecule has 19 heteroatoms. The molecule has 0 radical (unpaired) electrons. The lowest BCUT2D eigenvalue weighted by atomic mass is 9.80. The molecule has 412 valence electrons. The molecule has 1 aliphatic heterocycles. The summed E-state index contributed by atoms with van der Waals surface area (Å²) in [6, 6.07) is 37.0. The molecule has 1 amide bonds. The van der Waals surface area contributed by atoms with E-state index in [1.165, 1.54) is 6.33 Å². The monoisotopic (exact) mass is 1090 g/mol. The van der Waals surface area contributed by atoms with E-state index in [1.807, 2.05) is 130 Å². The molecular formula is C58H78N8O9PSi+. The zero-order valence-corrected chi connectivity index (χ0v) is 48.9. The van der Waals surface area contributed by atoms with Crippen LogP contribution in [0.1, 0.15) is 98.6 Å². The number of imidazole rings is 1. The van der Waals surface area contributed by atoms with Crippen LogP contribution in [-0.2, 0) is 28.8 Å². The highest BCUT2D eigenvalue weighted by Gasteiger charge is 2.55. The number of carbonyl (C=O) groups is 1. The lowest BCUT2D eigenvalue weighted by molar-refractivity contribution is -0.994. The van der Waals surface area contributed by atoms with E-state index in [2.05, 4.69) is 83.1 Å². The molecule has 1 fully saturated rings. The fourth-order valence-electron chi connectivity index (χ4n) is 9.61. The first-order chi connectivity index (χ1) is 36.5. The highest BCUT2D eigenvalue weighted by molar-refractivity contribution is 7.43. The third kappa shape index (κ3) is 12.9. The van der Waals surface area contributed by atoms with Gasteiger partial charge in [0.05, 0.1) is 39.6 Å². The molecule has 4 aromatic carbocycles. The Morgan fingerprint density at radius 2 is 1.36 bits per heavy atom. The van der Waals surface area contributed by atoms with Gasteiger partial charge in [0.1, 0.15) is 66.1 Å². The van der Waals surface area contributed by atoms with Crippen LogP contribution in [0.4, 0.5) is 5.82 Å². The maximum atomic E-state index is 14.3. The molecule has 17 nitrogen and oxygen atoms in total. The fraction of sp³-hybridized carbons (Fsp3) is 0.466. The smallest absolute Gasteiger partial charge is 0.303 e. The number of benzene rings is 4. The maximum Gasteiger partial charge on any atom is 0.303 e. The number of hydrogen-bond acceptors (Lipinski definition) is 14. The summed E-state index contributed by atoms with van der Waals surface area (Å²) in [5, 5.41) is 16.0. The number of nitrogens with zero attached hydrogens (tertiary/aromatic N) is 6. The van der Waals surface area contributed by atoms with Crippen molar-refractivity contribution in [1.82, 2.24) is 24.7 Å². The van der Waals surface area contributed by atoms with Gasteiger partial charge < -0.3 is 42.8 Å². The standard InChI is InChI=1S/C58H77N8O9PSi/c1-39(2)66(40(3)4,35-21-34-59)64-76(68)74-49-47(36-71-58(41-22-17-15-18-23-41,42-26-30-44(69-11)31-27-42)43-28-32-45(70-12)33-29-43)73-55(50(49)75-77(13,14)57(8,9)10)65-38-62-48-52(60-37-61-53(48)65)63-54(67)51(56(5,6)7)72-46-24-19-16-20-25-46/h15-20,22-33,37-40,47,49-51,55,64,68H,21,35-36H2,1-14H3/p+1/t47-,49-,50-,51?,55-,76?/m1/s1. The number of carbonyl (C=O) groups excluding carboxylic acids is 1. The summed E-state index contributed by atoms with van der Waals surface area (Å²) in [5.41, 5.74) is 1.26. The van der Waals surface area contributed by atoms with Gasteiger partial charge in [0.25, 0.3) is 5.91 Å². The molecule has 77 heavy (non-hydrogen) atoms. The summed E-state index contributed by atoms with van der Waals surface area (Å²) in [6.45, 7) is 25.2. The van der Waals surface area contributed by atoms with Gasteiger partial charge in [0, 0.05) is 5.41 Å². The SMILES string of the molecule is COc1ccc(C(OC[C@H]2O[C@@H](n3cnc4c(NC(=O)C(Oc5ccccc5)C(C)(C)C)ncnc43)[C@H](O[Si](C)(C)C(C)(C)C)[C@@H]2OP(O)N[N+](CCC#N)(C(C)C)C(C)C)(c2ccccc2)c2ccc(OC)cc2)cc1. The largest absolute Gasteiger partial charge is 0.497 e. The molecular weight excluding hydrogens is 1010 g/mol. The molecule has 2 unspecified atom stereocenters. The number of quaternary nitrogens is 1. The number of rotatable bonds is 23. The van der Waals surface area contributed by atoms with E-state index in [-0.39, 0.29) is 40.6 Å². The van der Waals surface area contributed by atoms with E-state index in [1.54, 1.807) is 25.1 Å². The first kappa shape index (κ1) is 58.8. The van der Waals surface area contributed by atoms with Crippen molar-refractivity contribution in [3.63, 3.8) is 0 Å². The summed E-state index contributed by atoms with van der Waals surface area (Å²) in [5.74, 6) is 1.68. The van der Waals surface area contributed by atoms with Gasteiger partial charge in [0.2, 0.25) is 0 Å². The molecule has 1 aliphatic rings. The average Bonchev–Trinajstić information content (AvgIpc) is 3.98. The number of aromatic nitrogens is 4. The minimum Gasteiger partial charge on any atom is -0.497 e. The molecule has 6 atom stereocenters. The van der Waals surface area contributed by atoms with Crippen molar-refractivity contribution >= 4 is 39.7 Å². The van der Waals surface area contributed by atoms with Crippen LogP contribution in [0, 0.1) is 16.7 Å². The fourth-order valence-corrected chi connectivity index (χ4v) is 12.3. The van der Waals surface area contributed by atoms with E-state index in [0.29, 0.717) is 35.0 Å². The summed E-state index contributed by atoms with van der Waals surface area (Å²) >= 11 is 0. The highest BCUT2D eigenvalue weighted by Crippen LogP contribution is 2.49. The zero-order valence-electron chi connectivity index (χ0n) is 47.1. The van der Waals surface area contributed by atoms with Crippen LogP contribution in [-0.4, -0.2) is 107 Å². The minimum atomic E-state index is -2.74. The number of methoxy groups -OCH3 is 2. The first-order valence-electron chi connectivity index (χ1n) is 26.2. The number of anilines is 1. The van der Waals surface area contributed by atoms with Gasteiger partial charge in [-0.3, -0.25) is 9.36 Å². The number of ether oxygens (including phenoxy) is 5. The quantitative estimate of drug-likeness (QED) is 0.0180. The third-order valence-electron chi connectivity index (χ3n) is 15.0. The molecule has 0 spiro atoms. The van der Waals surface area contributed by atoms with Crippen LogP contribution in [0.3, 0.4) is 0 Å². The number of hydrogen-bond donors (Lipinski definition) is 3. The van der Waals surface area contributed by atoms with Gasteiger partial charge in [-0.05, 0) is 98.9 Å². The van der Waals surface area contributed by atoms with Gasteiger partial charge in [0.15, 0.2) is 37.6 Å². The Morgan fingerprint density at radius 1 is 0.805 bits per heavy atom. The van der Waals surface area contributed by atoms with E-state index >= 15 is 0 Å². The van der Waals surface area contributed by atoms with Crippen LogP contribution in [0.5, 0.6) is 17.2 Å². The third-order valence-corrected chi connectivity index (χ3v) is 20.4. The Labute approximate surface area is 456 Å². The average molecular weight is 1090 g/mol. The second-order valence-electron chi connectivity index (χ2n) is 22.6. The first-order valence-corrected chi connectivity index (χ1v) is 30.3. The predicted molar refractivity (Wildman–Crippen MR) is 301 cm³/mol. The van der Waals surface area contributed by atoms with Crippen molar-refractivity contribution in [3.8, 4) is 23.3 Å². The molecule has 3 N–H and O–H groups in total. The van der Waals surface area contributed by atoms with Crippen LogP contribution in [0.2, 0.25) is 18.1 Å². The van der Waals surface area contributed by atoms with Crippen LogP contribution in [0.25, 0.3) is 11.2 Å². The summed E-state index contributed by atoms with van der Waals surface area (Å²) in [4.78, 5) is 40.9. The maximum absolute atomic E-state index is 14.3. The summed E-state index contributed by atoms with van der Waals surface area (Å²) < 4.78 is 48.9. The van der Waals surface area contributed by atoms with Crippen molar-refractivity contribution in [3.05, 3.63) is 139 Å². The Kier molecular flexibility index (Phi) is 18.7. The van der Waals surface area contributed by atoms with E-state index in [4.69, 9.17) is 42.6 Å². The molecule has 2 aromatic heterocycles. The second-order valence-corrected chi connectivity index (χ2v) is 28.3. The molecule has 0 bridgehead atoms. The molecule has 7 rings (SSSR count). The van der Waals surface area contributed by atoms with E-state index in [9.17, 15) is 14.9 Å². The normalized spacial score (nSPS) is 18.3. The number of nitrogens with one attached hydrogen (secondary N) is 2. The Bertz CT molecular complexity index is 2860. The lowest BCUT2D eigenvalue weighted by Gasteiger charge is -2.45. The topological polar surface area (TPSA) is 193 Å². The second kappa shape index (κ2) is 24.4. The van der Waals surface area contributed by atoms with Crippen LogP contribution < -0.4 is 24.7 Å². The van der Waals surface area contributed by atoms with Gasteiger partial charge in [-0.1, -0.05) is 120 Å². The summed E-state index contributed by atoms with van der Waals surface area (Å²) in [7, 11) is -1.93. The van der Waals surface area contributed by atoms with Crippen LogP contribution >= 0.6 is 8.53 Å². The van der Waals surface area contributed by atoms with Crippen LogP contribution in [0.15, 0.2) is 122 Å². The predicted octanol–water partition coefficient (Wildman–Crippen LogP) is 11.2. The van der Waals surface area contributed by atoms with Gasteiger partial charge >= 0.3 is 8.53 Å². The van der Waals surface area contributed by atoms with Crippen molar-refractivity contribution < 1.29 is 46.9 Å². The molecule has 1 saturated heterocycles. The van der Waals surface area contributed by atoms with E-state index < -0.39 is 64.4 Å². The Morgan fingerprint density at radius 3 is 1.88 bits per heavy atom. The van der Waals surface area contributed by atoms with Crippen molar-refractivity contribution in [2.24, 2.45) is 5.41 Å². The Hall–Kier alpha value is -5.84. The van der Waals surface area contributed by atoms with E-state index in [0.717, 1.165) is 16.7 Å². The zero-order chi connectivity index (χ0) is 55.9. The molecule has 6 aromatic rings. The summed E-state index contributed by atoms with van der Waals surface area (Å²) in [6.07, 6.45) is -1.45. The van der Waals surface area contributed by atoms with Crippen molar-refractivity contribution in [2.45, 2.75) is 142 Å². The lowest BCUT2D eigenvalue weighted by Crippen LogP contribution is -2.64. The highest BCUT2D eigenvalue weighted by atomic mass is 31.2.